The summed E-state index contributed by atoms with van der Waals surface area (Å²) in [5.74, 6) is -0.284. The summed E-state index contributed by atoms with van der Waals surface area (Å²) in [4.78, 5) is 32.4. The summed E-state index contributed by atoms with van der Waals surface area (Å²) >= 11 is 6.35. The molecule has 2 aromatic heterocycles. The second-order valence-corrected chi connectivity index (χ2v) is 11.9. The lowest BCUT2D eigenvalue weighted by Crippen LogP contribution is -2.63. The maximum absolute atomic E-state index is 16.4. The highest BCUT2D eigenvalue weighted by molar-refractivity contribution is 6.36. The zero-order valence-corrected chi connectivity index (χ0v) is 24.3. The van der Waals surface area contributed by atoms with E-state index in [4.69, 9.17) is 21.3 Å². The van der Waals surface area contributed by atoms with E-state index in [1.165, 1.54) is 6.07 Å². The molecular weight excluding hydrogens is 550 g/mol. The van der Waals surface area contributed by atoms with Gasteiger partial charge in [-0.3, -0.25) is 4.98 Å². The summed E-state index contributed by atoms with van der Waals surface area (Å²) in [5.41, 5.74) is -0.0546. The standard InChI is InChI=1S/C30H31ClF2N6O2/c1-6-37(5)28-35-26-18(27(36-28)39-15-21-20(39)12-13-38(21)29(40)41-30(2,3)4)14-34-25(24(26)33)17-9-7-8-16-10-11-19(32)23(31)22(16)17/h7-11,14,20-21H,6,12-13,15H2,1-5H3/t20-,21-/m1/s1. The number of nitrogens with zero attached hydrogens (tertiary/aromatic N) is 6. The number of hydrogen-bond acceptors (Lipinski definition) is 7. The number of halogens is 3. The molecule has 214 valence electrons. The molecule has 2 atom stereocenters. The van der Waals surface area contributed by atoms with Gasteiger partial charge in [-0.15, -0.1) is 0 Å². The van der Waals surface area contributed by atoms with Gasteiger partial charge in [0, 0.05) is 43.8 Å². The minimum Gasteiger partial charge on any atom is -0.444 e. The summed E-state index contributed by atoms with van der Waals surface area (Å²) in [5, 5.41) is 1.44. The maximum Gasteiger partial charge on any atom is 0.410 e. The van der Waals surface area contributed by atoms with Gasteiger partial charge in [-0.05, 0) is 45.6 Å². The van der Waals surface area contributed by atoms with Crippen molar-refractivity contribution >= 4 is 51.1 Å². The Kier molecular flexibility index (Phi) is 6.64. The van der Waals surface area contributed by atoms with Crippen LogP contribution >= 0.6 is 11.6 Å². The lowest BCUT2D eigenvalue weighted by atomic mass is 9.96. The van der Waals surface area contributed by atoms with Crippen molar-refractivity contribution in [3.8, 4) is 11.3 Å². The number of aromatic nitrogens is 3. The van der Waals surface area contributed by atoms with Crippen molar-refractivity contribution < 1.29 is 18.3 Å². The maximum atomic E-state index is 16.4. The van der Waals surface area contributed by atoms with Crippen LogP contribution in [0.2, 0.25) is 5.02 Å². The molecule has 0 bridgehead atoms. The SMILES string of the molecule is CCN(C)c1nc(N2C[C@@H]3[C@H]2CCN3C(=O)OC(C)(C)C)c2cnc(-c3cccc4ccc(F)c(Cl)c34)c(F)c2n1. The van der Waals surface area contributed by atoms with Gasteiger partial charge in [0.25, 0.3) is 0 Å². The van der Waals surface area contributed by atoms with Gasteiger partial charge in [-0.1, -0.05) is 35.9 Å². The van der Waals surface area contributed by atoms with E-state index in [-0.39, 0.29) is 34.4 Å². The third-order valence-corrected chi connectivity index (χ3v) is 8.22. The Morgan fingerprint density at radius 3 is 2.68 bits per heavy atom. The first-order valence-electron chi connectivity index (χ1n) is 13.7. The van der Waals surface area contributed by atoms with Gasteiger partial charge in [-0.25, -0.2) is 18.6 Å². The molecule has 0 radical (unpaired) electrons. The third-order valence-electron chi connectivity index (χ3n) is 7.85. The van der Waals surface area contributed by atoms with Gasteiger partial charge in [0.05, 0.1) is 22.5 Å². The second kappa shape index (κ2) is 9.94. The minimum atomic E-state index is -0.636. The molecule has 11 heteroatoms. The predicted molar refractivity (Wildman–Crippen MR) is 157 cm³/mol. The van der Waals surface area contributed by atoms with Crippen LogP contribution in [0.5, 0.6) is 0 Å². The topological polar surface area (TPSA) is 74.7 Å². The molecule has 6 rings (SSSR count). The highest BCUT2D eigenvalue weighted by Gasteiger charge is 2.50. The summed E-state index contributed by atoms with van der Waals surface area (Å²) in [6, 6.07) is 8.12. The Morgan fingerprint density at radius 1 is 1.17 bits per heavy atom. The van der Waals surface area contributed by atoms with E-state index in [1.54, 1.807) is 35.4 Å². The van der Waals surface area contributed by atoms with Gasteiger partial charge in [-0.2, -0.15) is 4.98 Å². The van der Waals surface area contributed by atoms with Crippen LogP contribution in [0.4, 0.5) is 25.3 Å². The van der Waals surface area contributed by atoms with E-state index in [1.807, 2.05) is 39.6 Å². The van der Waals surface area contributed by atoms with Gasteiger partial charge in [0.2, 0.25) is 5.95 Å². The monoisotopic (exact) mass is 580 g/mol. The Morgan fingerprint density at radius 2 is 1.95 bits per heavy atom. The highest BCUT2D eigenvalue weighted by Crippen LogP contribution is 2.42. The molecule has 0 aliphatic carbocycles. The average molecular weight is 581 g/mol. The van der Waals surface area contributed by atoms with Gasteiger partial charge >= 0.3 is 6.09 Å². The van der Waals surface area contributed by atoms with Crippen molar-refractivity contribution in [3.63, 3.8) is 0 Å². The quantitative estimate of drug-likeness (QED) is 0.275. The van der Waals surface area contributed by atoms with Crippen LogP contribution < -0.4 is 9.80 Å². The van der Waals surface area contributed by atoms with Gasteiger partial charge in [0.15, 0.2) is 5.82 Å². The lowest BCUT2D eigenvalue weighted by Gasteiger charge is -2.47. The number of carbonyl (C=O) groups excluding carboxylic acids is 1. The first-order valence-corrected chi connectivity index (χ1v) is 14.1. The first kappa shape index (κ1) is 27.4. The molecule has 0 spiro atoms. The molecule has 8 nitrogen and oxygen atoms in total. The van der Waals surface area contributed by atoms with Crippen LogP contribution in [0.1, 0.15) is 34.1 Å². The molecule has 2 aliphatic rings. The minimum absolute atomic E-state index is 0.0167. The van der Waals surface area contributed by atoms with Crippen molar-refractivity contribution in [2.45, 2.75) is 51.8 Å². The van der Waals surface area contributed by atoms with E-state index in [0.717, 1.165) is 6.42 Å². The number of anilines is 2. The average Bonchev–Trinajstić information content (AvgIpc) is 3.25. The number of ether oxygens (including phenoxy) is 1. The zero-order valence-electron chi connectivity index (χ0n) is 23.6. The molecule has 0 unspecified atom stereocenters. The second-order valence-electron chi connectivity index (χ2n) is 11.6. The van der Waals surface area contributed by atoms with Crippen LogP contribution in [-0.4, -0.2) is 70.3 Å². The molecule has 2 aromatic carbocycles. The van der Waals surface area contributed by atoms with Gasteiger partial charge in [0.1, 0.15) is 28.4 Å². The Labute approximate surface area is 241 Å². The molecule has 2 aliphatic heterocycles. The van der Waals surface area contributed by atoms with E-state index < -0.39 is 17.2 Å². The van der Waals surface area contributed by atoms with Crippen molar-refractivity contribution in [3.05, 3.63) is 53.2 Å². The molecule has 0 N–H and O–H groups in total. The van der Waals surface area contributed by atoms with E-state index in [9.17, 15) is 9.18 Å². The molecule has 0 saturated carbocycles. The molecule has 4 aromatic rings. The molecular formula is C30H31ClF2N6O2. The zero-order chi connectivity index (χ0) is 29.2. The molecule has 2 fully saturated rings. The highest BCUT2D eigenvalue weighted by atomic mass is 35.5. The fourth-order valence-corrected chi connectivity index (χ4v) is 5.94. The number of amides is 1. The van der Waals surface area contributed by atoms with Crippen molar-refractivity contribution in [1.29, 1.82) is 0 Å². The number of fused-ring (bicyclic) bond motifs is 3. The Bertz CT molecular complexity index is 1690. The van der Waals surface area contributed by atoms with E-state index in [2.05, 4.69) is 14.9 Å². The van der Waals surface area contributed by atoms with Crippen LogP contribution in [0.3, 0.4) is 0 Å². The Balaban J connectivity index is 1.44. The van der Waals surface area contributed by atoms with Crippen LogP contribution in [0.25, 0.3) is 32.9 Å². The van der Waals surface area contributed by atoms with E-state index >= 15 is 4.39 Å². The van der Waals surface area contributed by atoms with Crippen molar-refractivity contribution in [2.24, 2.45) is 0 Å². The fraction of sp³-hybridized carbons (Fsp3) is 0.400. The summed E-state index contributed by atoms with van der Waals surface area (Å²) in [7, 11) is 1.84. The van der Waals surface area contributed by atoms with Crippen LogP contribution in [0.15, 0.2) is 36.5 Å². The summed E-state index contributed by atoms with van der Waals surface area (Å²) in [6.07, 6.45) is 1.98. The molecule has 41 heavy (non-hydrogen) atoms. The summed E-state index contributed by atoms with van der Waals surface area (Å²) < 4.78 is 36.5. The number of likely N-dealkylation sites (tertiary alicyclic amines) is 1. The number of benzene rings is 2. The summed E-state index contributed by atoms with van der Waals surface area (Å²) in [6.45, 7) is 9.23. The van der Waals surface area contributed by atoms with Crippen LogP contribution in [-0.2, 0) is 4.74 Å². The molecule has 2 saturated heterocycles. The van der Waals surface area contributed by atoms with Gasteiger partial charge < -0.3 is 19.4 Å². The largest absolute Gasteiger partial charge is 0.444 e. The Hall–Kier alpha value is -3.79. The lowest BCUT2D eigenvalue weighted by molar-refractivity contribution is 0.0193. The molecule has 1 amide bonds. The van der Waals surface area contributed by atoms with Crippen molar-refractivity contribution in [2.75, 3.05) is 36.5 Å². The number of pyridine rings is 1. The smallest absolute Gasteiger partial charge is 0.410 e. The fourth-order valence-electron chi connectivity index (χ4n) is 5.67. The normalized spacial score (nSPS) is 18.5. The predicted octanol–water partition coefficient (Wildman–Crippen LogP) is 6.43. The van der Waals surface area contributed by atoms with Crippen LogP contribution in [0, 0.1) is 11.6 Å². The number of hydrogen-bond donors (Lipinski definition) is 0. The van der Waals surface area contributed by atoms with E-state index in [0.29, 0.717) is 53.1 Å². The third kappa shape index (κ3) is 4.58. The number of rotatable bonds is 4. The molecule has 4 heterocycles. The number of carbonyl (C=O) groups is 1. The first-order chi connectivity index (χ1) is 19.5. The van der Waals surface area contributed by atoms with Crippen molar-refractivity contribution in [1.82, 2.24) is 19.9 Å².